The van der Waals surface area contributed by atoms with Crippen molar-refractivity contribution in [2.45, 2.75) is 40.4 Å². The van der Waals surface area contributed by atoms with Gasteiger partial charge in [0, 0.05) is 24.3 Å². The van der Waals surface area contributed by atoms with Gasteiger partial charge in [0.05, 0.1) is 18.8 Å². The van der Waals surface area contributed by atoms with Crippen molar-refractivity contribution in [2.75, 3.05) is 13.3 Å². The second-order valence-electron chi connectivity index (χ2n) is 7.53. The summed E-state index contributed by atoms with van der Waals surface area (Å²) in [7, 11) is 0. The molecule has 0 amide bonds. The van der Waals surface area contributed by atoms with Gasteiger partial charge in [0.2, 0.25) is 6.79 Å². The summed E-state index contributed by atoms with van der Waals surface area (Å²) in [5, 5.41) is 11.5. The summed E-state index contributed by atoms with van der Waals surface area (Å²) in [5.41, 5.74) is 5.72. The van der Waals surface area contributed by atoms with Crippen molar-refractivity contribution >= 4 is 29.9 Å². The lowest BCUT2D eigenvalue weighted by atomic mass is 10.2. The van der Waals surface area contributed by atoms with E-state index in [1.165, 1.54) is 16.8 Å². The monoisotopic (exact) mass is 547 g/mol. The Balaban J connectivity index is 0.00000289. The first-order valence-corrected chi connectivity index (χ1v) is 10.6. The minimum Gasteiger partial charge on any atom is -0.454 e. The predicted molar refractivity (Wildman–Crippen MR) is 137 cm³/mol. The van der Waals surface area contributed by atoms with Gasteiger partial charge in [-0.25, -0.2) is 4.99 Å². The fourth-order valence-corrected chi connectivity index (χ4v) is 3.62. The van der Waals surface area contributed by atoms with Gasteiger partial charge >= 0.3 is 0 Å². The van der Waals surface area contributed by atoms with Crippen LogP contribution in [0.1, 0.15) is 35.0 Å². The minimum atomic E-state index is 0. The van der Waals surface area contributed by atoms with Crippen LogP contribution < -0.4 is 20.1 Å². The number of nitrogens with one attached hydrogen (secondary N) is 2. The van der Waals surface area contributed by atoms with Crippen LogP contribution in [-0.2, 0) is 19.6 Å². The topological polar surface area (TPSA) is 72.7 Å². The number of aromatic nitrogens is 2. The molecule has 0 radical (unpaired) electrons. The Morgan fingerprint density at radius 3 is 2.59 bits per heavy atom. The second kappa shape index (κ2) is 11.2. The lowest BCUT2D eigenvalue weighted by molar-refractivity contribution is 0.174. The lowest BCUT2D eigenvalue weighted by Crippen LogP contribution is -2.37. The number of ether oxygens (including phenoxy) is 2. The largest absolute Gasteiger partial charge is 0.454 e. The van der Waals surface area contributed by atoms with Crippen molar-refractivity contribution in [3.05, 3.63) is 76.6 Å². The molecule has 1 aromatic heterocycles. The molecule has 2 aromatic carbocycles. The maximum atomic E-state index is 5.46. The van der Waals surface area contributed by atoms with Crippen LogP contribution in [0.3, 0.4) is 0 Å². The van der Waals surface area contributed by atoms with Crippen molar-refractivity contribution in [2.24, 2.45) is 4.99 Å². The number of aryl methyl sites for hydroxylation is 1. The van der Waals surface area contributed by atoms with Crippen LogP contribution in [-0.4, -0.2) is 29.1 Å². The molecule has 4 rings (SSSR count). The maximum Gasteiger partial charge on any atom is 0.231 e. The Morgan fingerprint density at radius 1 is 1.03 bits per heavy atom. The Bertz CT molecular complexity index is 1070. The number of aliphatic imine (C=N–C) groups is 1. The molecule has 170 valence electrons. The van der Waals surface area contributed by atoms with Gasteiger partial charge in [-0.2, -0.15) is 5.10 Å². The second-order valence-corrected chi connectivity index (χ2v) is 7.53. The van der Waals surface area contributed by atoms with E-state index in [9.17, 15) is 0 Å². The van der Waals surface area contributed by atoms with Crippen LogP contribution in [0.2, 0.25) is 0 Å². The smallest absolute Gasteiger partial charge is 0.231 e. The maximum absolute atomic E-state index is 5.46. The molecule has 0 atom stereocenters. The normalized spacial score (nSPS) is 12.4. The summed E-state index contributed by atoms with van der Waals surface area (Å²) in [5.74, 6) is 2.34. The van der Waals surface area contributed by atoms with Crippen molar-refractivity contribution < 1.29 is 9.47 Å². The van der Waals surface area contributed by atoms with Gasteiger partial charge in [-0.15, -0.1) is 24.0 Å². The quantitative estimate of drug-likeness (QED) is 0.264. The third-order valence-electron chi connectivity index (χ3n) is 5.34. The van der Waals surface area contributed by atoms with Crippen molar-refractivity contribution in [1.82, 2.24) is 20.4 Å². The van der Waals surface area contributed by atoms with Crippen LogP contribution in [0.25, 0.3) is 0 Å². The number of hydrogen-bond donors (Lipinski definition) is 2. The third-order valence-corrected chi connectivity index (χ3v) is 5.34. The molecule has 0 unspecified atom stereocenters. The highest BCUT2D eigenvalue weighted by atomic mass is 127. The van der Waals surface area contributed by atoms with E-state index in [1.807, 2.05) is 24.3 Å². The fourth-order valence-electron chi connectivity index (χ4n) is 3.62. The standard InChI is InChI=1S/C24H29N5O2.HI/c1-4-25-24(26-13-20-10-11-22-23(12-20)31-16-30-22)27-14-21-17(2)28-29(18(21)3)15-19-8-6-5-7-9-19;/h5-12H,4,13-16H2,1-3H3,(H2,25,26,27);1H. The molecule has 3 aromatic rings. The lowest BCUT2D eigenvalue weighted by Gasteiger charge is -2.12. The van der Waals surface area contributed by atoms with Crippen molar-refractivity contribution in [3.8, 4) is 11.5 Å². The molecule has 1 aliphatic heterocycles. The Morgan fingerprint density at radius 2 is 1.81 bits per heavy atom. The van der Waals surface area contributed by atoms with Gasteiger partial charge in [0.15, 0.2) is 17.5 Å². The summed E-state index contributed by atoms with van der Waals surface area (Å²) < 4.78 is 12.9. The van der Waals surface area contributed by atoms with Crippen LogP contribution in [0, 0.1) is 13.8 Å². The molecular weight excluding hydrogens is 517 g/mol. The van der Waals surface area contributed by atoms with E-state index in [0.29, 0.717) is 13.1 Å². The SMILES string of the molecule is CCNC(=NCc1ccc2c(c1)OCO2)NCc1c(C)nn(Cc2ccccc2)c1C.I. The number of rotatable bonds is 7. The highest BCUT2D eigenvalue weighted by Crippen LogP contribution is 2.32. The average molecular weight is 547 g/mol. The van der Waals surface area contributed by atoms with E-state index in [4.69, 9.17) is 19.6 Å². The number of guanidine groups is 1. The molecule has 7 nitrogen and oxygen atoms in total. The van der Waals surface area contributed by atoms with Gasteiger partial charge in [-0.05, 0) is 44.0 Å². The van der Waals surface area contributed by atoms with Gasteiger partial charge in [-0.1, -0.05) is 36.4 Å². The van der Waals surface area contributed by atoms with E-state index >= 15 is 0 Å². The molecule has 0 saturated carbocycles. The molecule has 2 N–H and O–H groups in total. The van der Waals surface area contributed by atoms with Crippen LogP contribution in [0.5, 0.6) is 11.5 Å². The molecule has 0 saturated heterocycles. The molecule has 1 aliphatic rings. The molecular formula is C24H30IN5O2. The van der Waals surface area contributed by atoms with E-state index in [0.717, 1.165) is 41.8 Å². The molecule has 0 spiro atoms. The summed E-state index contributed by atoms with van der Waals surface area (Å²) in [6.45, 7) is 9.30. The average Bonchev–Trinajstić information content (AvgIpc) is 3.35. The molecule has 32 heavy (non-hydrogen) atoms. The zero-order valence-corrected chi connectivity index (χ0v) is 21.1. The summed E-state index contributed by atoms with van der Waals surface area (Å²) in [4.78, 5) is 4.73. The zero-order valence-electron chi connectivity index (χ0n) is 18.7. The summed E-state index contributed by atoms with van der Waals surface area (Å²) in [6.07, 6.45) is 0. The van der Waals surface area contributed by atoms with Crippen LogP contribution >= 0.6 is 24.0 Å². The van der Waals surface area contributed by atoms with Crippen molar-refractivity contribution in [1.29, 1.82) is 0 Å². The Kier molecular flexibility index (Phi) is 8.38. The zero-order chi connectivity index (χ0) is 21.6. The van der Waals surface area contributed by atoms with Gasteiger partial charge in [0.1, 0.15) is 0 Å². The highest BCUT2D eigenvalue weighted by molar-refractivity contribution is 14.0. The summed E-state index contributed by atoms with van der Waals surface area (Å²) in [6, 6.07) is 16.3. The van der Waals surface area contributed by atoms with Crippen LogP contribution in [0.4, 0.5) is 0 Å². The van der Waals surface area contributed by atoms with E-state index in [2.05, 4.69) is 60.4 Å². The molecule has 8 heteroatoms. The van der Waals surface area contributed by atoms with Gasteiger partial charge < -0.3 is 20.1 Å². The van der Waals surface area contributed by atoms with E-state index < -0.39 is 0 Å². The Labute approximate surface area is 206 Å². The third kappa shape index (κ3) is 5.73. The fraction of sp³-hybridized carbons (Fsp3) is 0.333. The molecule has 0 bridgehead atoms. The minimum absolute atomic E-state index is 0. The number of fused-ring (bicyclic) bond motifs is 1. The number of nitrogens with zero attached hydrogens (tertiary/aromatic N) is 3. The highest BCUT2D eigenvalue weighted by Gasteiger charge is 2.14. The first-order valence-electron chi connectivity index (χ1n) is 10.6. The van der Waals surface area contributed by atoms with E-state index in [-0.39, 0.29) is 30.8 Å². The molecule has 2 heterocycles. The molecule has 0 fully saturated rings. The number of hydrogen-bond acceptors (Lipinski definition) is 4. The Hall–Kier alpha value is -2.75. The van der Waals surface area contributed by atoms with Gasteiger partial charge in [0.25, 0.3) is 0 Å². The van der Waals surface area contributed by atoms with Crippen molar-refractivity contribution in [3.63, 3.8) is 0 Å². The van der Waals surface area contributed by atoms with E-state index in [1.54, 1.807) is 0 Å². The predicted octanol–water partition coefficient (Wildman–Crippen LogP) is 4.15. The summed E-state index contributed by atoms with van der Waals surface area (Å²) >= 11 is 0. The first kappa shape index (κ1) is 23.9. The number of benzene rings is 2. The first-order chi connectivity index (χ1) is 15.1. The number of halogens is 1. The van der Waals surface area contributed by atoms with Crippen LogP contribution in [0.15, 0.2) is 53.5 Å². The molecule has 0 aliphatic carbocycles. The van der Waals surface area contributed by atoms with Gasteiger partial charge in [-0.3, -0.25) is 4.68 Å².